The summed E-state index contributed by atoms with van der Waals surface area (Å²) in [6.45, 7) is 7.88. The summed E-state index contributed by atoms with van der Waals surface area (Å²) < 4.78 is 83.5. The number of hydrogen-bond acceptors (Lipinski definition) is 9. The molecule has 60 heavy (non-hydrogen) atoms. The number of halogens is 5. The third kappa shape index (κ3) is 8.56. The monoisotopic (exact) mass is 903 g/mol. The van der Waals surface area contributed by atoms with Crippen molar-refractivity contribution in [3.63, 3.8) is 0 Å². The second kappa shape index (κ2) is 16.3. The molecule has 2 aromatic rings. The number of carbonyl (C=O) groups is 4. The number of ether oxygens (including phenoxy) is 2. The third-order valence-electron chi connectivity index (χ3n) is 12.4. The molecule has 7 atom stereocenters. The van der Waals surface area contributed by atoms with Crippen molar-refractivity contribution in [2.24, 2.45) is 17.8 Å². The number of carbonyl (C=O) groups excluding carboxylic acids is 3. The Labute approximate surface area is 356 Å². The van der Waals surface area contributed by atoms with Crippen molar-refractivity contribution < 1.29 is 55.3 Å². The fourth-order valence-electron chi connectivity index (χ4n) is 8.27. The number of rotatable bonds is 9. The van der Waals surface area contributed by atoms with Crippen molar-refractivity contribution in [2.75, 3.05) is 13.2 Å². The molecule has 2 aliphatic carbocycles. The largest absolute Gasteiger partial charge is 0.494 e. The van der Waals surface area contributed by atoms with Gasteiger partial charge in [-0.05, 0) is 96.3 Å². The topological polar surface area (TPSA) is 185 Å². The normalized spacial score (nSPS) is 28.9. The predicted octanol–water partition coefficient (Wildman–Crippen LogP) is 6.86. The van der Waals surface area contributed by atoms with Crippen LogP contribution in [0.1, 0.15) is 86.5 Å². The summed E-state index contributed by atoms with van der Waals surface area (Å²) in [7, 11) is -4.15. The first-order chi connectivity index (χ1) is 27.9. The van der Waals surface area contributed by atoms with E-state index in [4.69, 9.17) is 32.7 Å². The number of sulfonamides is 1. The van der Waals surface area contributed by atoms with Crippen LogP contribution in [0.3, 0.4) is 0 Å². The lowest BCUT2D eigenvalue weighted by Gasteiger charge is -2.45. The lowest BCUT2D eigenvalue weighted by molar-refractivity contribution is -0.222. The van der Waals surface area contributed by atoms with Gasteiger partial charge >= 0.3 is 12.3 Å². The van der Waals surface area contributed by atoms with Gasteiger partial charge in [-0.3, -0.25) is 24.0 Å². The Kier molecular flexibility index (Phi) is 12.4. The Morgan fingerprint density at radius 3 is 2.45 bits per heavy atom. The van der Waals surface area contributed by atoms with Gasteiger partial charge in [0.1, 0.15) is 35.0 Å². The SMILES string of the molecule is CCOc1ccc2nc(Cl)c(O[C@@H]3C[C@H]4C(=O)N[C@]5(C(=O)NS(=O)(=O)C6(C)CC6)C[C@H]5/C=C\CC[C@@H](C)C[C@@H](C)[C@H](N(C(=O)O)C(C)(C)C(F)(F)F)C(=O)N4C3)c(Cl)c2c1. The Balaban J connectivity index is 1.43. The third-order valence-corrected chi connectivity index (χ3v) is 15.2. The van der Waals surface area contributed by atoms with Gasteiger partial charge in [0.05, 0.1) is 28.4 Å². The van der Waals surface area contributed by atoms with E-state index in [1.54, 1.807) is 37.3 Å². The molecule has 3 fully saturated rings. The average molecular weight is 905 g/mol. The smallest absolute Gasteiger partial charge is 0.411 e. The molecule has 2 aliphatic heterocycles. The van der Waals surface area contributed by atoms with E-state index in [2.05, 4.69) is 15.0 Å². The molecule has 4 amide bonds. The molecule has 3 heterocycles. The van der Waals surface area contributed by atoms with Crippen molar-refractivity contribution in [1.29, 1.82) is 0 Å². The molecule has 0 spiro atoms. The number of benzene rings is 1. The molecule has 0 bridgehead atoms. The first kappa shape index (κ1) is 45.5. The van der Waals surface area contributed by atoms with E-state index in [0.717, 1.165) is 4.90 Å². The van der Waals surface area contributed by atoms with E-state index >= 15 is 4.79 Å². The van der Waals surface area contributed by atoms with Crippen LogP contribution < -0.4 is 19.5 Å². The van der Waals surface area contributed by atoms with E-state index in [0.29, 0.717) is 62.8 Å². The van der Waals surface area contributed by atoms with Gasteiger partial charge in [0.2, 0.25) is 21.8 Å². The zero-order valence-corrected chi connectivity index (χ0v) is 36.4. The summed E-state index contributed by atoms with van der Waals surface area (Å²) >= 11 is 13.4. The van der Waals surface area contributed by atoms with E-state index < -0.39 is 92.4 Å². The van der Waals surface area contributed by atoms with E-state index in [1.165, 1.54) is 13.8 Å². The molecule has 1 aromatic heterocycles. The zero-order valence-electron chi connectivity index (χ0n) is 34.1. The molecule has 1 saturated heterocycles. The Bertz CT molecular complexity index is 2210. The van der Waals surface area contributed by atoms with Crippen LogP contribution in [-0.4, -0.2) is 105 Å². The Morgan fingerprint density at radius 2 is 1.83 bits per heavy atom. The minimum absolute atomic E-state index is 0.0186. The molecule has 4 aliphatic rings. The summed E-state index contributed by atoms with van der Waals surface area (Å²) in [4.78, 5) is 62.0. The number of allylic oxidation sites excluding steroid dienone is 1. The second-order valence-electron chi connectivity index (χ2n) is 17.3. The minimum atomic E-state index is -5.12. The van der Waals surface area contributed by atoms with Gasteiger partial charge in [-0.25, -0.2) is 18.2 Å². The van der Waals surface area contributed by atoms with Crippen LogP contribution in [0.25, 0.3) is 10.9 Å². The van der Waals surface area contributed by atoms with E-state index in [9.17, 15) is 41.1 Å². The Morgan fingerprint density at radius 1 is 1.15 bits per heavy atom. The van der Waals surface area contributed by atoms with Gasteiger partial charge in [0.15, 0.2) is 10.9 Å². The van der Waals surface area contributed by atoms with Crippen molar-refractivity contribution in [3.8, 4) is 11.5 Å². The summed E-state index contributed by atoms with van der Waals surface area (Å²) in [5.74, 6) is -4.49. The maximum atomic E-state index is 15.0. The molecule has 2 saturated carbocycles. The molecule has 1 aromatic carbocycles. The molecule has 20 heteroatoms. The zero-order chi connectivity index (χ0) is 44.3. The number of hydrogen-bond donors (Lipinski definition) is 3. The van der Waals surface area contributed by atoms with Gasteiger partial charge in [-0.2, -0.15) is 13.2 Å². The minimum Gasteiger partial charge on any atom is -0.494 e. The predicted molar refractivity (Wildman–Crippen MR) is 216 cm³/mol. The van der Waals surface area contributed by atoms with Crippen molar-refractivity contribution in [3.05, 3.63) is 40.5 Å². The number of carboxylic acid groups (broad SMARTS) is 1. The summed E-state index contributed by atoms with van der Waals surface area (Å²) in [5.41, 5.74) is -4.42. The van der Waals surface area contributed by atoms with Crippen LogP contribution in [0, 0.1) is 17.8 Å². The lowest BCUT2D eigenvalue weighted by Crippen LogP contribution is -2.66. The van der Waals surface area contributed by atoms with Crippen LogP contribution >= 0.6 is 23.2 Å². The standard InChI is InChI=1S/C40H50Cl2F3N5O9S/c1-7-58-24-12-13-27-26(17-24)29(41)31(32(42)46-27)59-25-18-28-33(51)47-39(35(53)48-60(56,57)38(6)14-15-38)19-23(39)11-9-8-10-21(2)16-22(3)30(34(52)49(28)20-25)50(36(54)55)37(4,5)40(43,44)45/h9,11-13,17,21-23,25,28,30H,7-8,10,14-16,18-20H2,1-6H3,(H,47,51)(H,48,53)(H,54,55)/b11-9-/t21-,22-,23-,25-,28+,30+,39-/m1/s1. The van der Waals surface area contributed by atoms with Crippen LogP contribution in [0.5, 0.6) is 11.5 Å². The van der Waals surface area contributed by atoms with Crippen LogP contribution in [0.2, 0.25) is 10.2 Å². The number of alkyl halides is 3. The van der Waals surface area contributed by atoms with E-state index in [-0.39, 0.29) is 46.0 Å². The molecular weight excluding hydrogens is 854 g/mol. The van der Waals surface area contributed by atoms with Crippen molar-refractivity contribution >= 4 is 67.9 Å². The molecular formula is C40H50Cl2F3N5O9S. The second-order valence-corrected chi connectivity index (χ2v) is 20.2. The summed E-state index contributed by atoms with van der Waals surface area (Å²) in [6.07, 6.45) is -3.29. The van der Waals surface area contributed by atoms with Gasteiger partial charge < -0.3 is 24.8 Å². The number of pyridine rings is 1. The number of amides is 4. The fourth-order valence-corrected chi connectivity index (χ4v) is 10.1. The number of nitrogens with one attached hydrogen (secondary N) is 2. The molecule has 0 radical (unpaired) electrons. The van der Waals surface area contributed by atoms with Crippen molar-refractivity contribution in [1.82, 2.24) is 24.8 Å². The van der Waals surface area contributed by atoms with Crippen molar-refractivity contribution in [2.45, 2.75) is 127 Å². The van der Waals surface area contributed by atoms with Crippen LogP contribution in [0.4, 0.5) is 18.0 Å². The molecule has 14 nitrogen and oxygen atoms in total. The number of nitrogens with zero attached hydrogens (tertiary/aromatic N) is 3. The Hall–Kier alpha value is -4.03. The summed E-state index contributed by atoms with van der Waals surface area (Å²) in [6, 6.07) is 1.44. The quantitative estimate of drug-likeness (QED) is 0.177. The van der Waals surface area contributed by atoms with Gasteiger partial charge in [0, 0.05) is 17.7 Å². The number of fused-ring (bicyclic) bond motifs is 3. The first-order valence-corrected chi connectivity index (χ1v) is 22.1. The maximum absolute atomic E-state index is 15.0. The molecule has 0 unspecified atom stereocenters. The highest BCUT2D eigenvalue weighted by Crippen LogP contribution is 2.48. The highest BCUT2D eigenvalue weighted by atomic mass is 35.5. The van der Waals surface area contributed by atoms with Gasteiger partial charge in [-0.15, -0.1) is 0 Å². The average Bonchev–Trinajstić information content (AvgIpc) is 4.03. The maximum Gasteiger partial charge on any atom is 0.411 e. The highest BCUT2D eigenvalue weighted by molar-refractivity contribution is 7.91. The van der Waals surface area contributed by atoms with Gasteiger partial charge in [0.25, 0.3) is 5.91 Å². The summed E-state index contributed by atoms with van der Waals surface area (Å²) in [5, 5.41) is 13.4. The molecule has 3 N–H and O–H groups in total. The number of aromatic nitrogens is 1. The molecule has 6 rings (SSSR count). The van der Waals surface area contributed by atoms with Crippen LogP contribution in [0.15, 0.2) is 30.4 Å². The van der Waals surface area contributed by atoms with E-state index in [1.807, 2.05) is 6.92 Å². The lowest BCUT2D eigenvalue weighted by atomic mass is 9.85. The fraction of sp³-hybridized carbons (Fsp3) is 0.625. The first-order valence-electron chi connectivity index (χ1n) is 19.9. The van der Waals surface area contributed by atoms with Crippen LogP contribution in [-0.2, 0) is 24.4 Å². The highest BCUT2D eigenvalue weighted by Gasteiger charge is 2.64. The van der Waals surface area contributed by atoms with Gasteiger partial charge in [-0.1, -0.05) is 49.2 Å². The molecule has 330 valence electrons.